The fourth-order valence-corrected chi connectivity index (χ4v) is 0.617. The van der Waals surface area contributed by atoms with Crippen LogP contribution in [0.4, 0.5) is 0 Å². The summed E-state index contributed by atoms with van der Waals surface area (Å²) in [5.74, 6) is 0.836. The van der Waals surface area contributed by atoms with Crippen molar-refractivity contribution in [1.29, 1.82) is 0 Å². The van der Waals surface area contributed by atoms with Crippen molar-refractivity contribution in [2.45, 2.75) is 39.2 Å². The first-order chi connectivity index (χ1) is 4.49. The van der Waals surface area contributed by atoms with Crippen molar-refractivity contribution in [2.75, 3.05) is 0 Å². The van der Waals surface area contributed by atoms with E-state index in [0.29, 0.717) is 0 Å². The summed E-state index contributed by atoms with van der Waals surface area (Å²) in [4.78, 5) is 11.0. The van der Waals surface area contributed by atoms with Gasteiger partial charge >= 0.3 is 18.9 Å². The van der Waals surface area contributed by atoms with Crippen molar-refractivity contribution in [2.24, 2.45) is 0 Å². The van der Waals surface area contributed by atoms with Gasteiger partial charge in [-0.15, -0.1) is 0 Å². The molecule has 0 aromatic rings. The quantitative estimate of drug-likeness (QED) is 0.262. The van der Waals surface area contributed by atoms with Gasteiger partial charge in [0.2, 0.25) is 0 Å². The molecule has 2 nitrogen and oxygen atoms in total. The number of rotatable bonds is 1. The minimum Gasteiger partial charge on any atom is -0.482 e. The number of hydrogen-bond acceptors (Lipinski definition) is 2. The molecule has 0 aliphatic heterocycles. The molecule has 1 rings (SSSR count). The smallest absolute Gasteiger partial charge is 0.482 e. The Hall–Kier alpha value is -0.0626. The number of esters is 1. The van der Waals surface area contributed by atoms with Crippen molar-refractivity contribution in [1.82, 2.24) is 0 Å². The van der Waals surface area contributed by atoms with Gasteiger partial charge in [0.15, 0.2) is 5.97 Å². The maximum Gasteiger partial charge on any atom is 1.00 e. The van der Waals surface area contributed by atoms with Gasteiger partial charge in [-0.05, 0) is 20.8 Å². The molecular formula is C8H13LiO2. The second-order valence-corrected chi connectivity index (χ2v) is 3.61. The largest absolute Gasteiger partial charge is 1.00 e. The Kier molecular flexibility index (Phi) is 3.54. The molecule has 1 aliphatic carbocycles. The molecule has 0 saturated heterocycles. The van der Waals surface area contributed by atoms with Crippen LogP contribution in [0.1, 0.15) is 33.6 Å². The Bertz CT molecular complexity index is 145. The van der Waals surface area contributed by atoms with E-state index < -0.39 is 0 Å². The van der Waals surface area contributed by atoms with E-state index in [0.717, 1.165) is 18.8 Å². The predicted molar refractivity (Wildman–Crippen MR) is 38.3 cm³/mol. The molecule has 0 aromatic carbocycles. The molecule has 0 amide bonds. The summed E-state index contributed by atoms with van der Waals surface area (Å²) in [7, 11) is 0. The van der Waals surface area contributed by atoms with Crippen molar-refractivity contribution in [3.05, 3.63) is 5.92 Å². The third-order valence-corrected chi connectivity index (χ3v) is 1.19. The Labute approximate surface area is 79.9 Å². The maximum atomic E-state index is 11.0. The SMILES string of the molecule is CC(C)(C)OC(=O)[C-]1CC1.[Li+]. The van der Waals surface area contributed by atoms with Crippen molar-refractivity contribution >= 4 is 5.97 Å². The standard InChI is InChI=1S/C8H13O2.Li/c1-8(2,3)10-7(9)6-4-5-6;/h4-5H2,1-3H3;/q-1;+1. The summed E-state index contributed by atoms with van der Waals surface area (Å²) in [5.41, 5.74) is -0.327. The minimum absolute atomic E-state index is 0. The number of carbonyl (C=O) groups is 1. The van der Waals surface area contributed by atoms with Crippen LogP contribution in [0.3, 0.4) is 0 Å². The molecule has 0 atom stereocenters. The average molecular weight is 148 g/mol. The van der Waals surface area contributed by atoms with Crippen molar-refractivity contribution in [3.63, 3.8) is 0 Å². The second kappa shape index (κ2) is 3.56. The molecule has 1 saturated carbocycles. The molecule has 0 spiro atoms. The van der Waals surface area contributed by atoms with Gasteiger partial charge in [-0.3, -0.25) is 10.7 Å². The monoisotopic (exact) mass is 148 g/mol. The van der Waals surface area contributed by atoms with Crippen LogP contribution in [-0.4, -0.2) is 11.6 Å². The second-order valence-electron chi connectivity index (χ2n) is 3.61. The van der Waals surface area contributed by atoms with Gasteiger partial charge in [0.25, 0.3) is 0 Å². The first-order valence-electron chi connectivity index (χ1n) is 3.57. The molecule has 0 aromatic heterocycles. The van der Waals surface area contributed by atoms with Crippen LogP contribution in [-0.2, 0) is 9.53 Å². The van der Waals surface area contributed by atoms with Gasteiger partial charge < -0.3 is 4.74 Å². The predicted octanol–water partition coefficient (Wildman–Crippen LogP) is -1.30. The number of hydrogen-bond donors (Lipinski definition) is 0. The van der Waals surface area contributed by atoms with E-state index >= 15 is 0 Å². The van der Waals surface area contributed by atoms with Crippen molar-refractivity contribution in [3.8, 4) is 0 Å². The Balaban J connectivity index is 0.000001000. The summed E-state index contributed by atoms with van der Waals surface area (Å²) in [6.45, 7) is 5.65. The van der Waals surface area contributed by atoms with Crippen LogP contribution in [0.25, 0.3) is 0 Å². The number of carbonyl (C=O) groups excluding carboxylic acids is 1. The molecule has 0 N–H and O–H groups in total. The van der Waals surface area contributed by atoms with E-state index in [1.807, 2.05) is 20.8 Å². The van der Waals surface area contributed by atoms with Crippen LogP contribution in [0, 0.1) is 5.92 Å². The van der Waals surface area contributed by atoms with E-state index in [4.69, 9.17) is 4.74 Å². The van der Waals surface area contributed by atoms with E-state index in [1.165, 1.54) is 0 Å². The first kappa shape index (κ1) is 10.9. The molecule has 0 bridgehead atoms. The van der Waals surface area contributed by atoms with Gasteiger partial charge in [0.05, 0.1) is 0 Å². The Morgan fingerprint density at radius 3 is 2.09 bits per heavy atom. The molecule has 0 radical (unpaired) electrons. The zero-order chi connectivity index (χ0) is 7.78. The van der Waals surface area contributed by atoms with Crippen LogP contribution < -0.4 is 18.9 Å². The average Bonchev–Trinajstić information content (AvgIpc) is 2.35. The summed E-state index contributed by atoms with van der Waals surface area (Å²) in [6, 6.07) is 0. The zero-order valence-electron chi connectivity index (χ0n) is 7.73. The first-order valence-corrected chi connectivity index (χ1v) is 3.57. The maximum absolute atomic E-state index is 11.0. The Morgan fingerprint density at radius 2 is 1.82 bits per heavy atom. The van der Waals surface area contributed by atoms with Crippen molar-refractivity contribution < 1.29 is 28.4 Å². The third-order valence-electron chi connectivity index (χ3n) is 1.19. The third kappa shape index (κ3) is 4.39. The van der Waals surface area contributed by atoms with Gasteiger partial charge in [-0.25, -0.2) is 0 Å². The molecule has 1 fully saturated rings. The van der Waals surface area contributed by atoms with E-state index in [-0.39, 0.29) is 30.4 Å². The van der Waals surface area contributed by atoms with Gasteiger partial charge in [-0.2, -0.15) is 12.8 Å². The fraction of sp³-hybridized carbons (Fsp3) is 0.750. The summed E-state index contributed by atoms with van der Waals surface area (Å²) >= 11 is 0. The van der Waals surface area contributed by atoms with Crippen LogP contribution in [0.5, 0.6) is 0 Å². The molecular weight excluding hydrogens is 135 g/mol. The summed E-state index contributed by atoms with van der Waals surface area (Å²) in [5, 5.41) is 0. The van der Waals surface area contributed by atoms with E-state index in [9.17, 15) is 4.79 Å². The molecule has 0 unspecified atom stereocenters. The van der Waals surface area contributed by atoms with Gasteiger partial charge in [-0.1, -0.05) is 0 Å². The number of ether oxygens (including phenoxy) is 1. The zero-order valence-corrected chi connectivity index (χ0v) is 7.73. The fourth-order valence-electron chi connectivity index (χ4n) is 0.617. The van der Waals surface area contributed by atoms with Gasteiger partial charge in [0.1, 0.15) is 5.60 Å². The topological polar surface area (TPSA) is 26.3 Å². The van der Waals surface area contributed by atoms with Crippen LogP contribution >= 0.6 is 0 Å². The minimum atomic E-state index is -0.327. The molecule has 0 heterocycles. The van der Waals surface area contributed by atoms with Crippen LogP contribution in [0.15, 0.2) is 0 Å². The van der Waals surface area contributed by atoms with E-state index in [1.54, 1.807) is 0 Å². The van der Waals surface area contributed by atoms with E-state index in [2.05, 4.69) is 0 Å². The van der Waals surface area contributed by atoms with Gasteiger partial charge in [0, 0.05) is 0 Å². The summed E-state index contributed by atoms with van der Waals surface area (Å²) < 4.78 is 5.09. The van der Waals surface area contributed by atoms with Crippen LogP contribution in [0.2, 0.25) is 0 Å². The summed E-state index contributed by atoms with van der Waals surface area (Å²) in [6.07, 6.45) is 1.88. The molecule has 11 heavy (non-hydrogen) atoms. The normalized spacial score (nSPS) is 15.4. The molecule has 58 valence electrons. The molecule has 3 heteroatoms. The molecule has 1 aliphatic rings. The Morgan fingerprint density at radius 1 is 1.36 bits per heavy atom.